The maximum absolute atomic E-state index is 13.1. The van der Waals surface area contributed by atoms with Gasteiger partial charge < -0.3 is 14.5 Å². The number of methoxy groups -OCH3 is 1. The Kier molecular flexibility index (Phi) is 5.81. The second-order valence-corrected chi connectivity index (χ2v) is 7.16. The fourth-order valence-corrected chi connectivity index (χ4v) is 3.28. The Morgan fingerprint density at radius 3 is 2.68 bits per heavy atom. The van der Waals surface area contributed by atoms with E-state index in [4.69, 9.17) is 21.4 Å². The van der Waals surface area contributed by atoms with E-state index in [0.717, 1.165) is 11.1 Å². The summed E-state index contributed by atoms with van der Waals surface area (Å²) in [6.07, 6.45) is 3.13. The van der Waals surface area contributed by atoms with Crippen molar-refractivity contribution >= 4 is 40.8 Å². The van der Waals surface area contributed by atoms with Gasteiger partial charge in [-0.15, -0.1) is 0 Å². The number of anilines is 1. The predicted octanol–water partition coefficient (Wildman–Crippen LogP) is 4.13. The van der Waals surface area contributed by atoms with Gasteiger partial charge in [-0.1, -0.05) is 36.4 Å². The normalized spacial score (nSPS) is 14.5. The molecule has 3 aromatic rings. The molecule has 1 aliphatic heterocycles. The van der Waals surface area contributed by atoms with Crippen molar-refractivity contribution < 1.29 is 13.9 Å². The SMILES string of the molecule is COc1ccc(C)cc1NC(=S)NN1C(=O)/C(=C/c2ccco2)N=C1c1ccccc1. The molecule has 0 radical (unpaired) electrons. The summed E-state index contributed by atoms with van der Waals surface area (Å²) in [6.45, 7) is 1.97. The molecule has 156 valence electrons. The molecule has 4 rings (SSSR count). The third-order valence-corrected chi connectivity index (χ3v) is 4.72. The van der Waals surface area contributed by atoms with Crippen LogP contribution in [0.5, 0.6) is 5.75 Å². The molecule has 2 heterocycles. The molecule has 2 aromatic carbocycles. The third kappa shape index (κ3) is 4.49. The molecular formula is C23H20N4O3S. The van der Waals surface area contributed by atoms with E-state index in [9.17, 15) is 4.79 Å². The van der Waals surface area contributed by atoms with E-state index in [-0.39, 0.29) is 16.7 Å². The number of amidine groups is 1. The molecule has 31 heavy (non-hydrogen) atoms. The maximum Gasteiger partial charge on any atom is 0.297 e. The minimum absolute atomic E-state index is 0.222. The summed E-state index contributed by atoms with van der Waals surface area (Å²) in [7, 11) is 1.59. The summed E-state index contributed by atoms with van der Waals surface area (Å²) in [5.74, 6) is 1.25. The van der Waals surface area contributed by atoms with Gasteiger partial charge in [-0.25, -0.2) is 4.99 Å². The predicted molar refractivity (Wildman–Crippen MR) is 124 cm³/mol. The number of hydrazine groups is 1. The Morgan fingerprint density at radius 1 is 1.16 bits per heavy atom. The topological polar surface area (TPSA) is 79.1 Å². The summed E-state index contributed by atoms with van der Waals surface area (Å²) >= 11 is 5.47. The van der Waals surface area contributed by atoms with Crippen molar-refractivity contribution in [1.82, 2.24) is 10.4 Å². The zero-order valence-corrected chi connectivity index (χ0v) is 17.8. The van der Waals surface area contributed by atoms with Crippen LogP contribution in [0.2, 0.25) is 0 Å². The highest BCUT2D eigenvalue weighted by Crippen LogP contribution is 2.26. The average Bonchev–Trinajstić information content (AvgIpc) is 3.38. The first-order valence-electron chi connectivity index (χ1n) is 9.51. The quantitative estimate of drug-likeness (QED) is 0.466. The highest BCUT2D eigenvalue weighted by Gasteiger charge is 2.32. The minimum Gasteiger partial charge on any atom is -0.495 e. The van der Waals surface area contributed by atoms with Crippen molar-refractivity contribution in [2.24, 2.45) is 4.99 Å². The molecule has 0 atom stereocenters. The van der Waals surface area contributed by atoms with Crippen molar-refractivity contribution in [3.05, 3.63) is 89.5 Å². The summed E-state index contributed by atoms with van der Waals surface area (Å²) in [5.41, 5.74) is 5.68. The van der Waals surface area contributed by atoms with E-state index in [1.54, 1.807) is 25.3 Å². The number of nitrogens with one attached hydrogen (secondary N) is 2. The number of carbonyl (C=O) groups is 1. The second kappa shape index (κ2) is 8.85. The molecule has 1 aromatic heterocycles. The van der Waals surface area contributed by atoms with Crippen LogP contribution in [0.1, 0.15) is 16.9 Å². The number of rotatable bonds is 5. The number of nitrogens with zero attached hydrogens (tertiary/aromatic N) is 2. The number of carbonyl (C=O) groups excluding carboxylic acids is 1. The van der Waals surface area contributed by atoms with E-state index < -0.39 is 0 Å². The lowest BCUT2D eigenvalue weighted by Gasteiger charge is -2.22. The molecule has 0 bridgehead atoms. The highest BCUT2D eigenvalue weighted by molar-refractivity contribution is 7.80. The first kappa shape index (κ1) is 20.4. The Hall–Kier alpha value is -3.91. The first-order valence-corrected chi connectivity index (χ1v) is 9.92. The van der Waals surface area contributed by atoms with Crippen LogP contribution in [0.4, 0.5) is 5.69 Å². The number of hydrogen-bond acceptors (Lipinski definition) is 5. The Labute approximate surface area is 185 Å². The zero-order valence-electron chi connectivity index (χ0n) is 17.0. The molecule has 0 unspecified atom stereocenters. The number of amides is 1. The summed E-state index contributed by atoms with van der Waals surface area (Å²) in [6, 6.07) is 18.6. The van der Waals surface area contributed by atoms with Gasteiger partial charge in [0.2, 0.25) is 0 Å². The van der Waals surface area contributed by atoms with Crippen LogP contribution < -0.4 is 15.5 Å². The van der Waals surface area contributed by atoms with Gasteiger partial charge in [0, 0.05) is 11.6 Å². The van der Waals surface area contributed by atoms with Crippen molar-refractivity contribution in [3.8, 4) is 5.75 Å². The van der Waals surface area contributed by atoms with Crippen LogP contribution >= 0.6 is 12.2 Å². The third-order valence-electron chi connectivity index (χ3n) is 4.53. The minimum atomic E-state index is -0.351. The van der Waals surface area contributed by atoms with E-state index >= 15 is 0 Å². The molecular weight excluding hydrogens is 412 g/mol. The van der Waals surface area contributed by atoms with Gasteiger partial charge in [-0.3, -0.25) is 10.2 Å². The molecule has 0 saturated heterocycles. The Bertz CT molecular complexity index is 1170. The van der Waals surface area contributed by atoms with Crippen molar-refractivity contribution in [3.63, 3.8) is 0 Å². The number of furan rings is 1. The monoisotopic (exact) mass is 432 g/mol. The fourth-order valence-electron chi connectivity index (χ4n) is 3.08. The lowest BCUT2D eigenvalue weighted by Crippen LogP contribution is -2.49. The largest absolute Gasteiger partial charge is 0.495 e. The molecule has 0 fully saturated rings. The highest BCUT2D eigenvalue weighted by atomic mass is 32.1. The number of hydrogen-bond donors (Lipinski definition) is 2. The smallest absolute Gasteiger partial charge is 0.297 e. The molecule has 7 nitrogen and oxygen atoms in total. The number of aryl methyl sites for hydroxylation is 1. The molecule has 0 saturated carbocycles. The molecule has 0 aliphatic carbocycles. The van der Waals surface area contributed by atoms with Crippen molar-refractivity contribution in [2.75, 3.05) is 12.4 Å². The molecule has 0 spiro atoms. The maximum atomic E-state index is 13.1. The van der Waals surface area contributed by atoms with E-state index in [1.807, 2.05) is 55.5 Å². The lowest BCUT2D eigenvalue weighted by molar-refractivity contribution is -0.123. The Balaban J connectivity index is 1.61. The van der Waals surface area contributed by atoms with Gasteiger partial charge in [0.25, 0.3) is 5.91 Å². The van der Waals surface area contributed by atoms with Gasteiger partial charge in [0.1, 0.15) is 17.2 Å². The van der Waals surface area contributed by atoms with Crippen LogP contribution in [0.25, 0.3) is 6.08 Å². The summed E-state index contributed by atoms with van der Waals surface area (Å²) in [5, 5.41) is 4.63. The number of thiocarbonyl (C=S) groups is 1. The molecule has 2 N–H and O–H groups in total. The second-order valence-electron chi connectivity index (χ2n) is 6.76. The van der Waals surface area contributed by atoms with Crippen LogP contribution in [0, 0.1) is 6.92 Å². The van der Waals surface area contributed by atoms with Gasteiger partial charge in [0.15, 0.2) is 10.9 Å². The van der Waals surface area contributed by atoms with E-state index in [1.165, 1.54) is 11.3 Å². The van der Waals surface area contributed by atoms with Gasteiger partial charge in [-0.2, -0.15) is 5.01 Å². The first-order chi connectivity index (χ1) is 15.0. The van der Waals surface area contributed by atoms with Crippen LogP contribution in [0.15, 0.2) is 82.0 Å². The average molecular weight is 433 g/mol. The van der Waals surface area contributed by atoms with Crippen LogP contribution in [-0.4, -0.2) is 29.0 Å². The fraction of sp³-hybridized carbons (Fsp3) is 0.0870. The van der Waals surface area contributed by atoms with Crippen LogP contribution in [-0.2, 0) is 4.79 Å². The summed E-state index contributed by atoms with van der Waals surface area (Å²) in [4.78, 5) is 17.6. The summed E-state index contributed by atoms with van der Waals surface area (Å²) < 4.78 is 10.7. The van der Waals surface area contributed by atoms with Crippen molar-refractivity contribution in [2.45, 2.75) is 6.92 Å². The number of benzene rings is 2. The van der Waals surface area contributed by atoms with Gasteiger partial charge >= 0.3 is 0 Å². The van der Waals surface area contributed by atoms with Crippen LogP contribution in [0.3, 0.4) is 0 Å². The van der Waals surface area contributed by atoms with E-state index in [0.29, 0.717) is 23.0 Å². The standard InChI is InChI=1S/C23H20N4O3S/c1-15-10-11-20(29-2)18(13-15)25-23(31)26-27-21(16-7-4-3-5-8-16)24-19(22(27)28)14-17-9-6-12-30-17/h3-14H,1-2H3,(H2,25,26,31)/b19-14-. The number of aliphatic imine (C=N–C) groups is 1. The number of ether oxygens (including phenoxy) is 1. The molecule has 1 amide bonds. The van der Waals surface area contributed by atoms with Crippen molar-refractivity contribution in [1.29, 1.82) is 0 Å². The molecule has 1 aliphatic rings. The lowest BCUT2D eigenvalue weighted by atomic mass is 10.2. The van der Waals surface area contributed by atoms with Gasteiger partial charge in [0.05, 0.1) is 19.1 Å². The molecule has 8 heteroatoms. The van der Waals surface area contributed by atoms with E-state index in [2.05, 4.69) is 15.7 Å². The van der Waals surface area contributed by atoms with Gasteiger partial charge in [-0.05, 0) is 49.0 Å². The zero-order chi connectivity index (χ0) is 21.8. The Morgan fingerprint density at radius 2 is 1.97 bits per heavy atom.